The van der Waals surface area contributed by atoms with Gasteiger partial charge in [-0.15, -0.1) is 11.3 Å². The summed E-state index contributed by atoms with van der Waals surface area (Å²) in [5, 5.41) is 10.0. The molecule has 1 aromatic carbocycles. The average Bonchev–Trinajstić information content (AvgIpc) is 3.04. The van der Waals surface area contributed by atoms with Gasteiger partial charge in [-0.25, -0.2) is 4.79 Å². The number of aromatic nitrogens is 1. The highest BCUT2D eigenvalue weighted by molar-refractivity contribution is 7.22. The third-order valence-electron chi connectivity index (χ3n) is 2.91. The van der Waals surface area contributed by atoms with Crippen LogP contribution in [0, 0.1) is 0 Å². The Labute approximate surface area is 113 Å². The van der Waals surface area contributed by atoms with E-state index in [9.17, 15) is 4.79 Å². The van der Waals surface area contributed by atoms with Crippen molar-refractivity contribution in [2.45, 2.75) is 0 Å². The lowest BCUT2D eigenvalue weighted by molar-refractivity contribution is 0.0691. The van der Waals surface area contributed by atoms with Crippen LogP contribution in [0.5, 0.6) is 5.75 Å². The maximum Gasteiger partial charge on any atom is 0.352 e. The number of methoxy groups -OCH3 is 1. The van der Waals surface area contributed by atoms with Gasteiger partial charge < -0.3 is 14.8 Å². The van der Waals surface area contributed by atoms with Crippen molar-refractivity contribution in [3.63, 3.8) is 0 Å². The quantitative estimate of drug-likeness (QED) is 0.766. The molecule has 0 aliphatic rings. The van der Waals surface area contributed by atoms with Crippen molar-refractivity contribution < 1.29 is 14.6 Å². The summed E-state index contributed by atoms with van der Waals surface area (Å²) in [6, 6.07) is 11.3. The number of thiophene rings is 1. The molecule has 0 aliphatic heterocycles. The molecule has 5 heteroatoms. The first-order chi connectivity index (χ1) is 9.17. The van der Waals surface area contributed by atoms with Crippen LogP contribution in [0.4, 0.5) is 0 Å². The van der Waals surface area contributed by atoms with Crippen molar-refractivity contribution in [3.05, 3.63) is 42.1 Å². The fraction of sp³-hybridized carbons (Fsp3) is 0.0714. The smallest absolute Gasteiger partial charge is 0.352 e. The molecule has 3 rings (SSSR count). The number of rotatable bonds is 3. The monoisotopic (exact) mass is 273 g/mol. The number of aromatic carboxylic acids is 1. The minimum atomic E-state index is -0.950. The molecule has 0 saturated heterocycles. The molecule has 19 heavy (non-hydrogen) atoms. The molecular formula is C14H11NO3S. The Balaban J connectivity index is 2.06. The van der Waals surface area contributed by atoms with E-state index in [2.05, 4.69) is 4.98 Å². The number of aromatic amines is 1. The fourth-order valence-corrected chi connectivity index (χ4v) is 3.01. The second-order valence-electron chi connectivity index (χ2n) is 4.11. The van der Waals surface area contributed by atoms with Gasteiger partial charge in [0.25, 0.3) is 0 Å². The Morgan fingerprint density at radius 1 is 1.26 bits per heavy atom. The van der Waals surface area contributed by atoms with Crippen LogP contribution >= 0.6 is 11.3 Å². The molecule has 2 N–H and O–H groups in total. The van der Waals surface area contributed by atoms with E-state index >= 15 is 0 Å². The Bertz CT molecular complexity index is 757. The molecule has 4 nitrogen and oxygen atoms in total. The Morgan fingerprint density at radius 3 is 2.79 bits per heavy atom. The van der Waals surface area contributed by atoms with Gasteiger partial charge >= 0.3 is 5.97 Å². The number of H-pyrrole nitrogens is 1. The van der Waals surface area contributed by atoms with E-state index in [1.807, 2.05) is 24.3 Å². The minimum absolute atomic E-state index is 0.199. The topological polar surface area (TPSA) is 62.3 Å². The van der Waals surface area contributed by atoms with Gasteiger partial charge in [0.05, 0.1) is 17.7 Å². The third-order valence-corrected chi connectivity index (χ3v) is 4.04. The Hall–Kier alpha value is -2.27. The normalized spacial score (nSPS) is 10.8. The molecule has 0 bridgehead atoms. The zero-order valence-corrected chi connectivity index (χ0v) is 11.0. The molecule has 96 valence electrons. The summed E-state index contributed by atoms with van der Waals surface area (Å²) in [7, 11) is 1.64. The van der Waals surface area contributed by atoms with Crippen LogP contribution < -0.4 is 4.74 Å². The number of carboxylic acid groups (broad SMARTS) is 1. The Kier molecular flexibility index (Phi) is 2.76. The van der Waals surface area contributed by atoms with E-state index in [-0.39, 0.29) is 5.69 Å². The lowest BCUT2D eigenvalue weighted by atomic mass is 10.2. The first-order valence-corrected chi connectivity index (χ1v) is 6.49. The molecule has 2 heterocycles. The van der Waals surface area contributed by atoms with Crippen LogP contribution in [-0.4, -0.2) is 23.2 Å². The number of fused-ring (bicyclic) bond motifs is 1. The number of carbonyl (C=O) groups is 1. The maximum absolute atomic E-state index is 10.9. The molecule has 0 aliphatic carbocycles. The predicted molar refractivity (Wildman–Crippen MR) is 75.1 cm³/mol. The van der Waals surface area contributed by atoms with E-state index in [4.69, 9.17) is 9.84 Å². The van der Waals surface area contributed by atoms with Crippen molar-refractivity contribution in [3.8, 4) is 16.3 Å². The van der Waals surface area contributed by atoms with Crippen molar-refractivity contribution in [2.75, 3.05) is 7.11 Å². The molecular weight excluding hydrogens is 262 g/mol. The summed E-state index contributed by atoms with van der Waals surface area (Å²) < 4.78 is 6.31. The van der Waals surface area contributed by atoms with Crippen molar-refractivity contribution in [1.82, 2.24) is 4.98 Å². The van der Waals surface area contributed by atoms with Gasteiger partial charge in [-0.05, 0) is 41.8 Å². The predicted octanol–water partition coefficient (Wildman–Crippen LogP) is 3.60. The van der Waals surface area contributed by atoms with Crippen LogP contribution in [0.25, 0.3) is 20.7 Å². The lowest BCUT2D eigenvalue weighted by Gasteiger charge is -1.97. The summed E-state index contributed by atoms with van der Waals surface area (Å²) in [6.45, 7) is 0. The first-order valence-electron chi connectivity index (χ1n) is 5.67. The zero-order valence-electron chi connectivity index (χ0n) is 10.1. The van der Waals surface area contributed by atoms with E-state index in [1.54, 1.807) is 30.6 Å². The molecule has 0 radical (unpaired) electrons. The number of hydrogen-bond donors (Lipinski definition) is 2. The number of nitrogens with one attached hydrogen (secondary N) is 1. The van der Waals surface area contributed by atoms with Gasteiger partial charge in [-0.1, -0.05) is 0 Å². The summed E-state index contributed by atoms with van der Waals surface area (Å²) >= 11 is 1.60. The van der Waals surface area contributed by atoms with E-state index in [0.29, 0.717) is 0 Å². The molecule has 0 amide bonds. The van der Waals surface area contributed by atoms with Crippen molar-refractivity contribution in [2.24, 2.45) is 0 Å². The summed E-state index contributed by atoms with van der Waals surface area (Å²) in [5.41, 5.74) is 1.02. The molecule has 3 aromatic rings. The van der Waals surface area contributed by atoms with Gasteiger partial charge in [0.2, 0.25) is 0 Å². The average molecular weight is 273 g/mol. The van der Waals surface area contributed by atoms with Gasteiger partial charge in [0, 0.05) is 4.70 Å². The second-order valence-corrected chi connectivity index (χ2v) is 5.19. The standard InChI is InChI=1S/C14H11NO3S/c1-18-9-3-2-8-6-13(19-12(8)7-9)10-4-5-11(15-10)14(16)17/h2-7,15H,1H3,(H,16,17). The van der Waals surface area contributed by atoms with Crippen LogP contribution in [0.1, 0.15) is 10.5 Å². The van der Waals surface area contributed by atoms with Gasteiger partial charge in [0.15, 0.2) is 0 Å². The van der Waals surface area contributed by atoms with E-state index in [1.165, 1.54) is 0 Å². The van der Waals surface area contributed by atoms with Gasteiger partial charge in [-0.3, -0.25) is 0 Å². The maximum atomic E-state index is 10.9. The number of ether oxygens (including phenoxy) is 1. The number of hydrogen-bond acceptors (Lipinski definition) is 3. The van der Waals surface area contributed by atoms with Crippen LogP contribution in [0.2, 0.25) is 0 Å². The highest BCUT2D eigenvalue weighted by Gasteiger charge is 2.10. The molecule has 0 atom stereocenters. The van der Waals surface area contributed by atoms with Gasteiger partial charge in [-0.2, -0.15) is 0 Å². The first kappa shape index (κ1) is 11.8. The van der Waals surface area contributed by atoms with E-state index < -0.39 is 5.97 Å². The fourth-order valence-electron chi connectivity index (χ4n) is 1.93. The SMILES string of the molecule is COc1ccc2cc(-c3ccc(C(=O)O)[nH]3)sc2c1. The summed E-state index contributed by atoms with van der Waals surface area (Å²) in [6.07, 6.45) is 0. The van der Waals surface area contributed by atoms with Crippen molar-refractivity contribution >= 4 is 27.4 Å². The van der Waals surface area contributed by atoms with Gasteiger partial charge in [0.1, 0.15) is 11.4 Å². The highest BCUT2D eigenvalue weighted by atomic mass is 32.1. The third kappa shape index (κ3) is 2.08. The zero-order chi connectivity index (χ0) is 13.4. The molecule has 0 unspecified atom stereocenters. The highest BCUT2D eigenvalue weighted by Crippen LogP contribution is 2.34. The van der Waals surface area contributed by atoms with Crippen LogP contribution in [0.3, 0.4) is 0 Å². The largest absolute Gasteiger partial charge is 0.497 e. The number of carboxylic acids is 1. The Morgan fingerprint density at radius 2 is 2.11 bits per heavy atom. The second kappa shape index (κ2) is 4.44. The number of benzene rings is 1. The van der Waals surface area contributed by atoms with Crippen LogP contribution in [-0.2, 0) is 0 Å². The molecule has 0 saturated carbocycles. The molecule has 0 fully saturated rings. The lowest BCUT2D eigenvalue weighted by Crippen LogP contribution is -1.95. The van der Waals surface area contributed by atoms with E-state index in [0.717, 1.165) is 26.4 Å². The summed E-state index contributed by atoms with van der Waals surface area (Å²) in [5.74, 6) is -0.132. The molecule has 2 aromatic heterocycles. The van der Waals surface area contributed by atoms with Crippen molar-refractivity contribution in [1.29, 1.82) is 0 Å². The van der Waals surface area contributed by atoms with Crippen LogP contribution in [0.15, 0.2) is 36.4 Å². The summed E-state index contributed by atoms with van der Waals surface area (Å²) in [4.78, 5) is 14.8. The minimum Gasteiger partial charge on any atom is -0.497 e. The molecule has 0 spiro atoms.